The van der Waals surface area contributed by atoms with Gasteiger partial charge in [-0.2, -0.15) is 4.72 Å². The number of halogens is 1. The number of rotatable bonds is 4. The van der Waals surface area contributed by atoms with Crippen molar-refractivity contribution in [1.82, 2.24) is 4.72 Å². The summed E-state index contributed by atoms with van der Waals surface area (Å²) in [5.74, 6) is -0.696. The number of aliphatic carboxylic acids is 1. The van der Waals surface area contributed by atoms with Crippen LogP contribution in [0.3, 0.4) is 0 Å². The van der Waals surface area contributed by atoms with Crippen molar-refractivity contribution in [3.8, 4) is 0 Å². The highest BCUT2D eigenvalue weighted by atomic mass is 35.5. The van der Waals surface area contributed by atoms with Crippen molar-refractivity contribution < 1.29 is 18.3 Å². The molecular formula is C12H16ClNO4S2. The van der Waals surface area contributed by atoms with Crippen LogP contribution >= 0.6 is 22.9 Å². The minimum atomic E-state index is -3.86. The van der Waals surface area contributed by atoms with Gasteiger partial charge in [-0.3, -0.25) is 4.79 Å². The highest BCUT2D eigenvalue weighted by Crippen LogP contribution is 2.34. The molecule has 1 aliphatic carbocycles. The Morgan fingerprint density at radius 3 is 2.50 bits per heavy atom. The zero-order chi connectivity index (χ0) is 15.0. The molecule has 1 aromatic rings. The molecule has 0 aliphatic heterocycles. The molecule has 20 heavy (non-hydrogen) atoms. The van der Waals surface area contributed by atoms with Gasteiger partial charge in [0.05, 0.1) is 4.34 Å². The molecule has 1 aliphatic rings. The maximum atomic E-state index is 12.3. The van der Waals surface area contributed by atoms with Crippen LogP contribution in [0.4, 0.5) is 0 Å². The molecule has 0 spiro atoms. The first-order valence-corrected chi connectivity index (χ1v) is 8.96. The standard InChI is InChI=1S/C12H16ClNO4S2/c1-8-4-6-12(7-5-8,11(15)16)14-20(17,18)10-3-2-9(13)19-10/h2-3,8,14H,4-7H2,1H3,(H,15,16). The zero-order valence-corrected chi connectivity index (χ0v) is 13.3. The lowest BCUT2D eigenvalue weighted by Gasteiger charge is -2.35. The second-order valence-electron chi connectivity index (χ2n) is 5.23. The molecule has 0 bridgehead atoms. The average molecular weight is 338 g/mol. The van der Waals surface area contributed by atoms with Crippen LogP contribution in [0.1, 0.15) is 32.6 Å². The third kappa shape index (κ3) is 3.16. The van der Waals surface area contributed by atoms with Crippen LogP contribution in [0.15, 0.2) is 16.3 Å². The van der Waals surface area contributed by atoms with Crippen LogP contribution in [0, 0.1) is 5.92 Å². The van der Waals surface area contributed by atoms with Gasteiger partial charge in [0.2, 0.25) is 0 Å². The van der Waals surface area contributed by atoms with E-state index >= 15 is 0 Å². The molecule has 1 aromatic heterocycles. The van der Waals surface area contributed by atoms with Crippen molar-refractivity contribution in [3.05, 3.63) is 16.5 Å². The number of thiophene rings is 1. The van der Waals surface area contributed by atoms with Crippen molar-refractivity contribution >= 4 is 38.9 Å². The van der Waals surface area contributed by atoms with Gasteiger partial charge in [0, 0.05) is 0 Å². The number of carboxylic acids is 1. The molecule has 0 amide bonds. The first-order chi connectivity index (χ1) is 9.25. The van der Waals surface area contributed by atoms with E-state index in [2.05, 4.69) is 4.72 Å². The van der Waals surface area contributed by atoms with E-state index in [0.29, 0.717) is 35.9 Å². The number of nitrogens with one attached hydrogen (secondary N) is 1. The van der Waals surface area contributed by atoms with Gasteiger partial charge >= 0.3 is 5.97 Å². The third-order valence-corrected chi connectivity index (χ3v) is 6.94. The molecule has 2 rings (SSSR count). The van der Waals surface area contributed by atoms with Gasteiger partial charge in [-0.05, 0) is 43.7 Å². The predicted octanol–water partition coefficient (Wildman–Crippen LogP) is 2.71. The van der Waals surface area contributed by atoms with E-state index in [0.717, 1.165) is 11.3 Å². The smallest absolute Gasteiger partial charge is 0.324 e. The molecular weight excluding hydrogens is 322 g/mol. The molecule has 112 valence electrons. The lowest BCUT2D eigenvalue weighted by molar-refractivity contribution is -0.145. The van der Waals surface area contributed by atoms with Crippen LogP contribution in [0.5, 0.6) is 0 Å². The SMILES string of the molecule is CC1CCC(NS(=O)(=O)c2ccc(Cl)s2)(C(=O)O)CC1. The van der Waals surface area contributed by atoms with Crippen LogP contribution in [-0.4, -0.2) is 25.0 Å². The van der Waals surface area contributed by atoms with Crippen molar-refractivity contribution in [1.29, 1.82) is 0 Å². The monoisotopic (exact) mass is 337 g/mol. The van der Waals surface area contributed by atoms with Crippen LogP contribution in [0.2, 0.25) is 4.34 Å². The molecule has 0 atom stereocenters. The topological polar surface area (TPSA) is 83.5 Å². The second kappa shape index (κ2) is 5.63. The van der Waals surface area contributed by atoms with E-state index < -0.39 is 21.5 Å². The van der Waals surface area contributed by atoms with Crippen molar-refractivity contribution in [2.45, 2.75) is 42.4 Å². The second-order valence-corrected chi connectivity index (χ2v) is 8.86. The highest BCUT2D eigenvalue weighted by Gasteiger charge is 2.44. The predicted molar refractivity (Wildman–Crippen MR) is 77.6 cm³/mol. The summed E-state index contributed by atoms with van der Waals surface area (Å²) in [5, 5.41) is 9.44. The number of carbonyl (C=O) groups is 1. The molecule has 8 heteroatoms. The summed E-state index contributed by atoms with van der Waals surface area (Å²) in [4.78, 5) is 11.5. The number of hydrogen-bond donors (Lipinski definition) is 2. The lowest BCUT2D eigenvalue weighted by atomic mass is 9.78. The summed E-state index contributed by atoms with van der Waals surface area (Å²) in [6.07, 6.45) is 2.00. The van der Waals surface area contributed by atoms with Crippen molar-refractivity contribution in [3.63, 3.8) is 0 Å². The van der Waals surface area contributed by atoms with Crippen molar-refractivity contribution in [2.75, 3.05) is 0 Å². The van der Waals surface area contributed by atoms with E-state index in [1.165, 1.54) is 12.1 Å². The summed E-state index contributed by atoms with van der Waals surface area (Å²) < 4.78 is 27.3. The molecule has 0 aromatic carbocycles. The Morgan fingerprint density at radius 2 is 2.05 bits per heavy atom. The van der Waals surface area contributed by atoms with E-state index in [4.69, 9.17) is 11.6 Å². The molecule has 1 heterocycles. The Morgan fingerprint density at radius 1 is 1.45 bits per heavy atom. The summed E-state index contributed by atoms with van der Waals surface area (Å²) in [6, 6.07) is 2.87. The molecule has 1 fully saturated rings. The normalized spacial score (nSPS) is 27.4. The van der Waals surface area contributed by atoms with Crippen molar-refractivity contribution in [2.24, 2.45) is 5.92 Å². The first kappa shape index (κ1) is 15.8. The van der Waals surface area contributed by atoms with Gasteiger partial charge in [0.25, 0.3) is 10.0 Å². The largest absolute Gasteiger partial charge is 0.480 e. The fourth-order valence-corrected chi connectivity index (χ4v) is 5.26. The Bertz CT molecular complexity index is 603. The first-order valence-electron chi connectivity index (χ1n) is 6.28. The Labute approximate surface area is 127 Å². The lowest BCUT2D eigenvalue weighted by Crippen LogP contribution is -2.56. The number of carboxylic acid groups (broad SMARTS) is 1. The van der Waals surface area contributed by atoms with E-state index in [1.54, 1.807) is 0 Å². The maximum Gasteiger partial charge on any atom is 0.324 e. The molecule has 0 unspecified atom stereocenters. The fraction of sp³-hybridized carbons (Fsp3) is 0.583. The molecule has 0 saturated heterocycles. The van der Waals surface area contributed by atoms with Crippen LogP contribution in [-0.2, 0) is 14.8 Å². The average Bonchev–Trinajstić information content (AvgIpc) is 2.79. The van der Waals surface area contributed by atoms with Gasteiger partial charge < -0.3 is 5.11 Å². The fourth-order valence-electron chi connectivity index (χ4n) is 2.36. The van der Waals surface area contributed by atoms with Gasteiger partial charge in [-0.25, -0.2) is 8.42 Å². The Kier molecular flexibility index (Phi) is 4.44. The molecule has 1 saturated carbocycles. The van der Waals surface area contributed by atoms with Crippen LogP contribution < -0.4 is 4.72 Å². The summed E-state index contributed by atoms with van der Waals surface area (Å²) in [5.41, 5.74) is -1.40. The van der Waals surface area contributed by atoms with E-state index in [9.17, 15) is 18.3 Å². The third-order valence-electron chi connectivity index (χ3n) is 3.68. The summed E-state index contributed by atoms with van der Waals surface area (Å²) in [6.45, 7) is 2.04. The van der Waals surface area contributed by atoms with Gasteiger partial charge in [0.1, 0.15) is 9.75 Å². The van der Waals surface area contributed by atoms with Gasteiger partial charge in [-0.15, -0.1) is 11.3 Å². The minimum absolute atomic E-state index is 0.0433. The number of hydrogen-bond acceptors (Lipinski definition) is 4. The summed E-state index contributed by atoms with van der Waals surface area (Å²) >= 11 is 6.65. The van der Waals surface area contributed by atoms with E-state index in [1.807, 2.05) is 6.92 Å². The Balaban J connectivity index is 2.27. The quantitative estimate of drug-likeness (QED) is 0.884. The molecule has 5 nitrogen and oxygen atoms in total. The van der Waals surface area contributed by atoms with Gasteiger partial charge in [0.15, 0.2) is 0 Å². The highest BCUT2D eigenvalue weighted by molar-refractivity contribution is 7.91. The molecule has 0 radical (unpaired) electrons. The maximum absolute atomic E-state index is 12.3. The zero-order valence-electron chi connectivity index (χ0n) is 10.9. The molecule has 2 N–H and O–H groups in total. The van der Waals surface area contributed by atoms with Gasteiger partial charge in [-0.1, -0.05) is 18.5 Å². The summed E-state index contributed by atoms with van der Waals surface area (Å²) in [7, 11) is -3.86. The van der Waals surface area contributed by atoms with E-state index in [-0.39, 0.29) is 4.21 Å². The Hall–Kier alpha value is -0.630. The number of sulfonamides is 1. The van der Waals surface area contributed by atoms with Crippen LogP contribution in [0.25, 0.3) is 0 Å². The minimum Gasteiger partial charge on any atom is -0.480 e.